The van der Waals surface area contributed by atoms with Gasteiger partial charge in [-0.2, -0.15) is 0 Å². The van der Waals surface area contributed by atoms with Gasteiger partial charge in [0.1, 0.15) is 0 Å². The number of ether oxygens (including phenoxy) is 1. The molecule has 0 fully saturated rings. The molecule has 0 saturated carbocycles. The Hall–Kier alpha value is -3.67. The molecule has 0 aliphatic heterocycles. The van der Waals surface area contributed by atoms with Crippen LogP contribution >= 0.6 is 0 Å². The normalized spacial score (nSPS) is 10.7. The molecule has 11 nitrogen and oxygen atoms in total. The average Bonchev–Trinajstić information content (AvgIpc) is 2.71. The SMILES string of the molecule is CCOC(=O)NCCNC(=O)c1ccccc1NS(=O)(=O)c1cccc([N+](=O)[O-])c1. The second-order valence-corrected chi connectivity index (χ2v) is 7.49. The van der Waals surface area contributed by atoms with Crippen molar-refractivity contribution in [1.29, 1.82) is 0 Å². The van der Waals surface area contributed by atoms with Crippen molar-refractivity contribution in [3.05, 3.63) is 64.2 Å². The minimum atomic E-state index is -4.18. The van der Waals surface area contributed by atoms with Gasteiger partial charge in [0.2, 0.25) is 0 Å². The molecule has 2 amide bonds. The van der Waals surface area contributed by atoms with Crippen LogP contribution in [0, 0.1) is 10.1 Å². The number of anilines is 1. The van der Waals surface area contributed by atoms with Gasteiger partial charge in [0.25, 0.3) is 21.6 Å². The van der Waals surface area contributed by atoms with E-state index in [2.05, 4.69) is 15.4 Å². The maximum absolute atomic E-state index is 12.6. The number of carbonyl (C=O) groups excluding carboxylic acids is 2. The Bertz CT molecular complexity index is 1040. The van der Waals surface area contributed by atoms with Crippen molar-refractivity contribution in [2.45, 2.75) is 11.8 Å². The highest BCUT2D eigenvalue weighted by Crippen LogP contribution is 2.22. The Morgan fingerprint density at radius 1 is 1.07 bits per heavy atom. The highest BCUT2D eigenvalue weighted by atomic mass is 32.2. The van der Waals surface area contributed by atoms with Gasteiger partial charge in [0.05, 0.1) is 27.7 Å². The predicted octanol–water partition coefficient (Wildman–Crippen LogP) is 1.87. The van der Waals surface area contributed by atoms with Crippen LogP contribution in [0.5, 0.6) is 0 Å². The third-order valence-corrected chi connectivity index (χ3v) is 5.07. The summed E-state index contributed by atoms with van der Waals surface area (Å²) in [7, 11) is -4.18. The van der Waals surface area contributed by atoms with E-state index in [-0.39, 0.29) is 41.5 Å². The molecule has 0 heterocycles. The Kier molecular flexibility index (Phi) is 7.69. The molecule has 0 bridgehead atoms. The molecule has 0 saturated heterocycles. The second kappa shape index (κ2) is 10.2. The van der Waals surface area contributed by atoms with Crippen molar-refractivity contribution in [3.63, 3.8) is 0 Å². The van der Waals surface area contributed by atoms with Gasteiger partial charge < -0.3 is 15.4 Å². The number of nitro groups is 1. The van der Waals surface area contributed by atoms with Crippen LogP contribution in [-0.4, -0.2) is 45.0 Å². The number of nitrogens with one attached hydrogen (secondary N) is 3. The lowest BCUT2D eigenvalue weighted by Crippen LogP contribution is -2.35. The summed E-state index contributed by atoms with van der Waals surface area (Å²) in [5, 5.41) is 15.9. The zero-order chi connectivity index (χ0) is 22.1. The topological polar surface area (TPSA) is 157 Å². The number of para-hydroxylation sites is 1. The van der Waals surface area contributed by atoms with Gasteiger partial charge in [0.15, 0.2) is 0 Å². The fraction of sp³-hybridized carbons (Fsp3) is 0.222. The number of benzene rings is 2. The van der Waals surface area contributed by atoms with Gasteiger partial charge in [-0.05, 0) is 25.1 Å². The first kappa shape index (κ1) is 22.6. The van der Waals surface area contributed by atoms with Gasteiger partial charge in [-0.25, -0.2) is 13.2 Å². The van der Waals surface area contributed by atoms with E-state index in [1.54, 1.807) is 13.0 Å². The summed E-state index contributed by atoms with van der Waals surface area (Å²) < 4.78 is 32.2. The smallest absolute Gasteiger partial charge is 0.407 e. The Labute approximate surface area is 172 Å². The molecule has 2 rings (SSSR count). The third-order valence-electron chi connectivity index (χ3n) is 3.71. The van der Waals surface area contributed by atoms with Crippen LogP contribution in [-0.2, 0) is 14.8 Å². The monoisotopic (exact) mass is 436 g/mol. The summed E-state index contributed by atoms with van der Waals surface area (Å²) in [6, 6.07) is 10.4. The molecule has 0 unspecified atom stereocenters. The number of amides is 2. The lowest BCUT2D eigenvalue weighted by atomic mass is 10.1. The van der Waals surface area contributed by atoms with E-state index >= 15 is 0 Å². The summed E-state index contributed by atoms with van der Waals surface area (Å²) in [4.78, 5) is 33.5. The van der Waals surface area contributed by atoms with Crippen LogP contribution in [0.15, 0.2) is 53.4 Å². The number of nitro benzene ring substituents is 1. The van der Waals surface area contributed by atoms with Gasteiger partial charge in [0, 0.05) is 25.2 Å². The number of hydrogen-bond acceptors (Lipinski definition) is 7. The van der Waals surface area contributed by atoms with Gasteiger partial charge in [-0.15, -0.1) is 0 Å². The molecule has 2 aromatic carbocycles. The minimum Gasteiger partial charge on any atom is -0.450 e. The highest BCUT2D eigenvalue weighted by Gasteiger charge is 2.20. The van der Waals surface area contributed by atoms with E-state index in [9.17, 15) is 28.1 Å². The summed E-state index contributed by atoms with van der Waals surface area (Å²) >= 11 is 0. The Balaban J connectivity index is 2.11. The average molecular weight is 436 g/mol. The molecular weight excluding hydrogens is 416 g/mol. The number of carbonyl (C=O) groups is 2. The first-order chi connectivity index (χ1) is 14.2. The highest BCUT2D eigenvalue weighted by molar-refractivity contribution is 7.92. The molecule has 160 valence electrons. The minimum absolute atomic E-state index is 0.000131. The lowest BCUT2D eigenvalue weighted by molar-refractivity contribution is -0.385. The number of hydrogen-bond donors (Lipinski definition) is 3. The fourth-order valence-corrected chi connectivity index (χ4v) is 3.47. The van der Waals surface area contributed by atoms with Crippen molar-refractivity contribution in [2.24, 2.45) is 0 Å². The molecule has 0 radical (unpaired) electrons. The first-order valence-electron chi connectivity index (χ1n) is 8.79. The molecule has 0 spiro atoms. The molecule has 0 atom stereocenters. The zero-order valence-electron chi connectivity index (χ0n) is 16.0. The van der Waals surface area contributed by atoms with Gasteiger partial charge in [-0.3, -0.25) is 19.6 Å². The van der Waals surface area contributed by atoms with E-state index < -0.39 is 26.9 Å². The van der Waals surface area contributed by atoms with Gasteiger partial charge >= 0.3 is 6.09 Å². The molecule has 3 N–H and O–H groups in total. The van der Waals surface area contributed by atoms with Crippen molar-refractivity contribution in [1.82, 2.24) is 10.6 Å². The summed E-state index contributed by atoms with van der Waals surface area (Å²) in [5.74, 6) is -0.571. The van der Waals surface area contributed by atoms with Crippen molar-refractivity contribution >= 4 is 33.4 Å². The third kappa shape index (κ3) is 6.17. The summed E-state index contributed by atoms with van der Waals surface area (Å²) in [5.41, 5.74) is -0.333. The number of nitrogens with zero attached hydrogens (tertiary/aromatic N) is 1. The maximum atomic E-state index is 12.6. The zero-order valence-corrected chi connectivity index (χ0v) is 16.8. The fourth-order valence-electron chi connectivity index (χ4n) is 2.36. The standard InChI is InChI=1S/C18H20N4O7S/c1-2-29-18(24)20-11-10-19-17(23)15-8-3-4-9-16(15)21-30(27,28)14-7-5-6-13(12-14)22(25)26/h3-9,12,21H,2,10-11H2,1H3,(H,19,23)(H,20,24). The number of non-ortho nitro benzene ring substituents is 1. The lowest BCUT2D eigenvalue weighted by Gasteiger charge is -2.13. The second-order valence-electron chi connectivity index (χ2n) is 5.81. The summed E-state index contributed by atoms with van der Waals surface area (Å²) in [6.45, 7) is 2.08. The van der Waals surface area contributed by atoms with Crippen molar-refractivity contribution in [3.8, 4) is 0 Å². The van der Waals surface area contributed by atoms with E-state index in [0.29, 0.717) is 0 Å². The van der Waals surface area contributed by atoms with Gasteiger partial charge in [-0.1, -0.05) is 18.2 Å². The largest absolute Gasteiger partial charge is 0.450 e. The number of sulfonamides is 1. The van der Waals surface area contributed by atoms with Crippen LogP contribution < -0.4 is 15.4 Å². The Morgan fingerprint density at radius 2 is 1.77 bits per heavy atom. The quantitative estimate of drug-likeness (QED) is 0.308. The van der Waals surface area contributed by atoms with E-state index in [1.165, 1.54) is 36.4 Å². The predicted molar refractivity (Wildman–Crippen MR) is 108 cm³/mol. The maximum Gasteiger partial charge on any atom is 0.407 e. The van der Waals surface area contributed by atoms with Crippen molar-refractivity contribution in [2.75, 3.05) is 24.4 Å². The summed E-state index contributed by atoms with van der Waals surface area (Å²) in [6.07, 6.45) is -0.614. The van der Waals surface area contributed by atoms with E-state index in [0.717, 1.165) is 6.07 Å². The van der Waals surface area contributed by atoms with Crippen LogP contribution in [0.2, 0.25) is 0 Å². The van der Waals surface area contributed by atoms with Crippen LogP contribution in [0.25, 0.3) is 0 Å². The van der Waals surface area contributed by atoms with Crippen LogP contribution in [0.4, 0.5) is 16.2 Å². The first-order valence-corrected chi connectivity index (χ1v) is 10.3. The Morgan fingerprint density at radius 3 is 2.47 bits per heavy atom. The van der Waals surface area contributed by atoms with Crippen LogP contribution in [0.3, 0.4) is 0 Å². The molecule has 0 aliphatic carbocycles. The van der Waals surface area contributed by atoms with E-state index in [1.807, 2.05) is 0 Å². The molecule has 0 aromatic heterocycles. The number of alkyl carbamates (subject to hydrolysis) is 1. The van der Waals surface area contributed by atoms with Crippen molar-refractivity contribution < 1.29 is 27.7 Å². The van der Waals surface area contributed by atoms with E-state index in [4.69, 9.17) is 4.74 Å². The molecular formula is C18H20N4O7S. The molecule has 30 heavy (non-hydrogen) atoms. The molecule has 2 aromatic rings. The molecule has 0 aliphatic rings. The van der Waals surface area contributed by atoms with Crippen LogP contribution in [0.1, 0.15) is 17.3 Å². The number of rotatable bonds is 9. The molecule has 12 heteroatoms.